The van der Waals surface area contributed by atoms with E-state index in [1.54, 1.807) is 33.9 Å². The highest BCUT2D eigenvalue weighted by Crippen LogP contribution is 2.43. The van der Waals surface area contributed by atoms with Gasteiger partial charge < -0.3 is 11.1 Å². The number of alkyl halides is 2. The van der Waals surface area contributed by atoms with E-state index in [9.17, 15) is 18.4 Å². The minimum Gasteiger partial charge on any atom is -0.365 e. The summed E-state index contributed by atoms with van der Waals surface area (Å²) in [6.45, 7) is 8.90. The molecule has 220 valence electrons. The normalized spacial score (nSPS) is 11.7. The van der Waals surface area contributed by atoms with Crippen molar-refractivity contribution in [2.24, 2.45) is 5.73 Å². The molecule has 0 unspecified atom stereocenters. The number of hydrogen-bond acceptors (Lipinski definition) is 8. The van der Waals surface area contributed by atoms with Gasteiger partial charge in [-0.25, -0.2) is 23.3 Å². The van der Waals surface area contributed by atoms with Crippen LogP contribution in [0.3, 0.4) is 0 Å². The van der Waals surface area contributed by atoms with Crippen LogP contribution in [0.1, 0.15) is 57.5 Å². The highest BCUT2D eigenvalue weighted by Gasteiger charge is 2.27. The molecule has 0 radical (unpaired) electrons. The fraction of sp³-hybridized carbons (Fsp3) is 0.250. The molecule has 0 atom stereocenters. The van der Waals surface area contributed by atoms with Gasteiger partial charge in [0.2, 0.25) is 0 Å². The van der Waals surface area contributed by atoms with Crippen LogP contribution in [0.4, 0.5) is 14.5 Å². The molecule has 0 spiro atoms. The van der Waals surface area contributed by atoms with Crippen LogP contribution in [-0.2, 0) is 13.1 Å². The average molecular weight is 605 g/mol. The summed E-state index contributed by atoms with van der Waals surface area (Å²) in [5.74, 6) is -1.49. The maximum Gasteiger partial charge on any atom is 0.280 e. The second-order valence-corrected chi connectivity index (χ2v) is 10.7. The molecule has 0 saturated heterocycles. The van der Waals surface area contributed by atoms with E-state index in [1.165, 1.54) is 12.1 Å². The van der Waals surface area contributed by atoms with Crippen molar-refractivity contribution in [1.82, 2.24) is 39.1 Å². The second-order valence-electron chi connectivity index (χ2n) is 9.75. The number of thiophene rings is 1. The van der Waals surface area contributed by atoms with Crippen LogP contribution in [0.15, 0.2) is 36.8 Å². The number of nitrogens with two attached hydrogens (primary N) is 1. The van der Waals surface area contributed by atoms with Crippen LogP contribution in [0.5, 0.6) is 0 Å². The van der Waals surface area contributed by atoms with E-state index >= 15 is 0 Å². The van der Waals surface area contributed by atoms with Gasteiger partial charge in [0.15, 0.2) is 11.3 Å². The molecule has 0 fully saturated rings. The van der Waals surface area contributed by atoms with E-state index in [1.807, 2.05) is 32.4 Å². The van der Waals surface area contributed by atoms with Gasteiger partial charge in [0.25, 0.3) is 18.2 Å². The molecule has 15 heteroatoms. The van der Waals surface area contributed by atoms with E-state index < -0.39 is 23.9 Å². The standard InChI is InChI=1S/C28H26F2N10O2S/c1-5-38-13(3)16(11-33-38)15-9-18(25(29)30)35-28-22(15)23(24(43-28)26(31)41)36-27(42)19-10-21-32-8-7-20(40(21)37-19)17-12-34-39(6-2)14(17)4/h7-12,25H,5-6H2,1-4H3,(H2,31,41)(H,36,42). The van der Waals surface area contributed by atoms with Crippen LogP contribution in [-0.4, -0.2) is 51.0 Å². The SMILES string of the molecule is CCn1ncc(-c2cc(C(F)F)nc3sc(C(N)=O)c(NC(=O)c4cc5nccc(-c6cnn(CC)c6C)n5n4)c23)c1C. The lowest BCUT2D eigenvalue weighted by Gasteiger charge is -2.10. The first-order valence-electron chi connectivity index (χ1n) is 13.4. The number of aromatic nitrogens is 8. The Balaban J connectivity index is 1.49. The Kier molecular flexibility index (Phi) is 6.96. The predicted octanol–water partition coefficient (Wildman–Crippen LogP) is 5.01. The predicted molar refractivity (Wildman–Crippen MR) is 157 cm³/mol. The maximum atomic E-state index is 13.9. The van der Waals surface area contributed by atoms with Crippen molar-refractivity contribution >= 4 is 44.7 Å². The van der Waals surface area contributed by atoms with Crippen molar-refractivity contribution in [1.29, 1.82) is 0 Å². The van der Waals surface area contributed by atoms with Gasteiger partial charge in [0.1, 0.15) is 15.4 Å². The summed E-state index contributed by atoms with van der Waals surface area (Å²) in [7, 11) is 0. The van der Waals surface area contributed by atoms with Crippen molar-refractivity contribution in [2.45, 2.75) is 47.2 Å². The molecule has 6 aromatic heterocycles. The molecular weight excluding hydrogens is 578 g/mol. The molecule has 3 N–H and O–H groups in total. The Hall–Kier alpha value is -5.05. The number of amides is 2. The first-order valence-corrected chi connectivity index (χ1v) is 14.2. The van der Waals surface area contributed by atoms with Crippen molar-refractivity contribution in [3.8, 4) is 22.4 Å². The summed E-state index contributed by atoms with van der Waals surface area (Å²) in [5, 5.41) is 16.3. The number of hydrogen-bond donors (Lipinski definition) is 2. The van der Waals surface area contributed by atoms with Crippen LogP contribution in [0.2, 0.25) is 0 Å². The Bertz CT molecular complexity index is 2060. The molecule has 0 bridgehead atoms. The fourth-order valence-corrected chi connectivity index (χ4v) is 6.18. The molecule has 0 aliphatic heterocycles. The van der Waals surface area contributed by atoms with Gasteiger partial charge >= 0.3 is 0 Å². The minimum atomic E-state index is -2.87. The van der Waals surface area contributed by atoms with Crippen molar-refractivity contribution in [2.75, 3.05) is 5.32 Å². The largest absolute Gasteiger partial charge is 0.365 e. The van der Waals surface area contributed by atoms with Crippen LogP contribution >= 0.6 is 11.3 Å². The number of carbonyl (C=O) groups excluding carboxylic acids is 2. The van der Waals surface area contributed by atoms with Crippen molar-refractivity contribution in [3.05, 3.63) is 64.4 Å². The summed E-state index contributed by atoms with van der Waals surface area (Å²) < 4.78 is 32.9. The van der Waals surface area contributed by atoms with Crippen LogP contribution in [0.25, 0.3) is 38.2 Å². The molecular formula is C28H26F2N10O2S. The molecule has 6 heterocycles. The fourth-order valence-electron chi connectivity index (χ4n) is 5.17. The lowest BCUT2D eigenvalue weighted by atomic mass is 10.0. The minimum absolute atomic E-state index is 0.0175. The zero-order chi connectivity index (χ0) is 30.6. The van der Waals surface area contributed by atoms with E-state index in [0.717, 1.165) is 28.3 Å². The second kappa shape index (κ2) is 10.7. The number of pyridine rings is 1. The van der Waals surface area contributed by atoms with Crippen LogP contribution < -0.4 is 11.1 Å². The molecule has 0 aromatic carbocycles. The first kappa shape index (κ1) is 28.1. The number of nitrogens with zero attached hydrogens (tertiary/aromatic N) is 8. The number of anilines is 1. The highest BCUT2D eigenvalue weighted by molar-refractivity contribution is 7.21. The summed E-state index contributed by atoms with van der Waals surface area (Å²) in [5.41, 5.74) is 9.81. The lowest BCUT2D eigenvalue weighted by Crippen LogP contribution is -2.17. The third-order valence-electron chi connectivity index (χ3n) is 7.33. The van der Waals surface area contributed by atoms with E-state index in [0.29, 0.717) is 40.9 Å². The van der Waals surface area contributed by atoms with Crippen molar-refractivity contribution in [3.63, 3.8) is 0 Å². The Morgan fingerprint density at radius 2 is 1.70 bits per heavy atom. The van der Waals surface area contributed by atoms with Gasteiger partial charge in [-0.3, -0.25) is 19.0 Å². The summed E-state index contributed by atoms with van der Waals surface area (Å²) in [6, 6.07) is 4.55. The molecule has 0 saturated carbocycles. The first-order chi connectivity index (χ1) is 20.6. The molecule has 0 aliphatic carbocycles. The van der Waals surface area contributed by atoms with E-state index in [2.05, 4.69) is 30.6 Å². The summed E-state index contributed by atoms with van der Waals surface area (Å²) >= 11 is 0.831. The Morgan fingerprint density at radius 1 is 1.02 bits per heavy atom. The number of carbonyl (C=O) groups is 2. The quantitative estimate of drug-likeness (QED) is 0.248. The zero-order valence-electron chi connectivity index (χ0n) is 23.6. The number of rotatable bonds is 8. The smallest absolute Gasteiger partial charge is 0.280 e. The number of aryl methyl sites for hydroxylation is 2. The third-order valence-corrected chi connectivity index (χ3v) is 8.43. The monoisotopic (exact) mass is 604 g/mol. The third kappa shape index (κ3) is 4.61. The average Bonchev–Trinajstić information content (AvgIpc) is 3.76. The zero-order valence-corrected chi connectivity index (χ0v) is 24.4. The van der Waals surface area contributed by atoms with Gasteiger partial charge in [0.05, 0.1) is 23.8 Å². The van der Waals surface area contributed by atoms with Crippen molar-refractivity contribution < 1.29 is 18.4 Å². The maximum absolute atomic E-state index is 13.9. The van der Waals surface area contributed by atoms with Gasteiger partial charge in [-0.2, -0.15) is 15.3 Å². The van der Waals surface area contributed by atoms with E-state index in [-0.39, 0.29) is 21.1 Å². The Morgan fingerprint density at radius 3 is 2.33 bits per heavy atom. The summed E-state index contributed by atoms with van der Waals surface area (Å²) in [4.78, 5) is 34.8. The van der Waals surface area contributed by atoms with E-state index in [4.69, 9.17) is 5.73 Å². The van der Waals surface area contributed by atoms with Crippen LogP contribution in [0, 0.1) is 13.8 Å². The molecule has 0 aliphatic rings. The molecule has 12 nitrogen and oxygen atoms in total. The highest BCUT2D eigenvalue weighted by atomic mass is 32.1. The molecule has 2 amide bonds. The molecule has 43 heavy (non-hydrogen) atoms. The number of nitrogens with one attached hydrogen (secondary N) is 1. The number of halogens is 2. The number of primary amides is 1. The van der Waals surface area contributed by atoms with Gasteiger partial charge in [0, 0.05) is 53.3 Å². The topological polar surface area (TPSA) is 151 Å². The molecule has 6 rings (SSSR count). The lowest BCUT2D eigenvalue weighted by molar-refractivity contribution is 0.100. The van der Waals surface area contributed by atoms with Gasteiger partial charge in [-0.05, 0) is 45.4 Å². The number of fused-ring (bicyclic) bond motifs is 2. The van der Waals surface area contributed by atoms with Gasteiger partial charge in [-0.1, -0.05) is 0 Å². The van der Waals surface area contributed by atoms with Gasteiger partial charge in [-0.15, -0.1) is 11.3 Å². The summed E-state index contributed by atoms with van der Waals surface area (Å²) in [6.07, 6.45) is 2.05. The molecule has 6 aromatic rings. The Labute approximate surface area is 247 Å².